The van der Waals surface area contributed by atoms with Crippen molar-refractivity contribution < 1.29 is 4.74 Å². The molecule has 0 N–H and O–H groups in total. The van der Waals surface area contributed by atoms with Crippen molar-refractivity contribution in [3.8, 4) is 0 Å². The number of imidazole rings is 1. The summed E-state index contributed by atoms with van der Waals surface area (Å²) < 4.78 is 8.03. The van der Waals surface area contributed by atoms with Crippen molar-refractivity contribution >= 4 is 56.6 Å². The van der Waals surface area contributed by atoms with Gasteiger partial charge in [0.15, 0.2) is 5.16 Å². The zero-order chi connectivity index (χ0) is 21.6. The smallest absolute Gasteiger partial charge is 0.211 e. The highest BCUT2D eigenvalue weighted by Gasteiger charge is 2.30. The molecule has 0 saturated heterocycles. The molecule has 3 heterocycles. The van der Waals surface area contributed by atoms with Crippen molar-refractivity contribution in [1.29, 1.82) is 0 Å². The van der Waals surface area contributed by atoms with E-state index in [2.05, 4.69) is 11.1 Å². The monoisotopic (exact) mass is 480 g/mol. The number of allylic oxidation sites excluding steroid dienone is 1. The first-order chi connectivity index (χ1) is 14.1. The van der Waals surface area contributed by atoms with Gasteiger partial charge in [0.1, 0.15) is 10.3 Å². The average Bonchev–Trinajstić information content (AvgIpc) is 3.00. The number of fused-ring (bicyclic) bond motifs is 2. The maximum absolute atomic E-state index is 13.3. The molecule has 1 aromatic carbocycles. The molecule has 3 aromatic rings. The molecule has 0 aliphatic carbocycles. The molecule has 0 fully saturated rings. The maximum Gasteiger partial charge on any atom is 0.211 e. The fourth-order valence-corrected chi connectivity index (χ4v) is 5.90. The SMILES string of the molecule is C=C(C)Cn1c(SCc2ccc(Cl)c(Cl)c2)nc2c(=O)c3c(sc21)COC(C)(C)C3. The zero-order valence-electron chi connectivity index (χ0n) is 17.1. The van der Waals surface area contributed by atoms with Crippen molar-refractivity contribution in [2.45, 2.75) is 56.9 Å². The molecular weight excluding hydrogens is 459 g/mol. The number of hydrogen-bond donors (Lipinski definition) is 0. The molecule has 2 aromatic heterocycles. The molecule has 158 valence electrons. The molecular formula is C22H22Cl2N2O2S2. The predicted molar refractivity (Wildman–Crippen MR) is 127 cm³/mol. The highest BCUT2D eigenvalue weighted by Crippen LogP contribution is 2.35. The average molecular weight is 481 g/mol. The topological polar surface area (TPSA) is 44.1 Å². The summed E-state index contributed by atoms with van der Waals surface area (Å²) in [5, 5.41) is 1.87. The van der Waals surface area contributed by atoms with Crippen LogP contribution < -0.4 is 5.43 Å². The second-order valence-corrected chi connectivity index (χ2v) is 11.0. The summed E-state index contributed by atoms with van der Waals surface area (Å²) >= 11 is 15.4. The van der Waals surface area contributed by atoms with E-state index in [-0.39, 0.29) is 11.0 Å². The Balaban J connectivity index is 1.76. The lowest BCUT2D eigenvalue weighted by Gasteiger charge is -2.30. The number of benzene rings is 1. The van der Waals surface area contributed by atoms with Gasteiger partial charge in [0, 0.05) is 29.2 Å². The Morgan fingerprint density at radius 2 is 2.13 bits per heavy atom. The van der Waals surface area contributed by atoms with Gasteiger partial charge in [0.05, 0.1) is 22.3 Å². The lowest BCUT2D eigenvalue weighted by Crippen LogP contribution is -2.34. The van der Waals surface area contributed by atoms with Crippen LogP contribution in [-0.2, 0) is 30.1 Å². The number of halogens is 2. The van der Waals surface area contributed by atoms with Gasteiger partial charge in [-0.1, -0.05) is 53.2 Å². The normalized spacial score (nSPS) is 15.4. The van der Waals surface area contributed by atoms with E-state index in [1.165, 1.54) is 0 Å². The van der Waals surface area contributed by atoms with E-state index < -0.39 is 0 Å². The van der Waals surface area contributed by atoms with E-state index in [0.717, 1.165) is 31.6 Å². The van der Waals surface area contributed by atoms with Crippen LogP contribution in [0.2, 0.25) is 10.0 Å². The van der Waals surface area contributed by atoms with Crippen LogP contribution in [0, 0.1) is 0 Å². The lowest BCUT2D eigenvalue weighted by molar-refractivity contribution is -0.0386. The third-order valence-corrected chi connectivity index (χ3v) is 7.91. The summed E-state index contributed by atoms with van der Waals surface area (Å²) in [6, 6.07) is 5.61. The van der Waals surface area contributed by atoms with E-state index in [9.17, 15) is 4.79 Å². The highest BCUT2D eigenvalue weighted by atomic mass is 35.5. The summed E-state index contributed by atoms with van der Waals surface area (Å²) in [5.74, 6) is 0.672. The molecule has 30 heavy (non-hydrogen) atoms. The Morgan fingerprint density at radius 1 is 1.37 bits per heavy atom. The fourth-order valence-electron chi connectivity index (χ4n) is 3.45. The third kappa shape index (κ3) is 4.34. The van der Waals surface area contributed by atoms with Crippen LogP contribution in [-0.4, -0.2) is 15.2 Å². The number of hydrogen-bond acceptors (Lipinski definition) is 5. The Morgan fingerprint density at radius 3 is 2.83 bits per heavy atom. The molecule has 8 heteroatoms. The van der Waals surface area contributed by atoms with Crippen LogP contribution in [0.3, 0.4) is 0 Å². The molecule has 0 atom stereocenters. The number of thioether (sulfide) groups is 1. The zero-order valence-corrected chi connectivity index (χ0v) is 20.2. The lowest BCUT2D eigenvalue weighted by atomic mass is 9.96. The summed E-state index contributed by atoms with van der Waals surface area (Å²) in [7, 11) is 0. The van der Waals surface area contributed by atoms with Crippen LogP contribution in [0.25, 0.3) is 10.3 Å². The molecule has 1 aliphatic heterocycles. The highest BCUT2D eigenvalue weighted by molar-refractivity contribution is 7.98. The Bertz CT molecular complexity index is 1210. The van der Waals surface area contributed by atoms with Crippen LogP contribution in [0.15, 0.2) is 40.3 Å². The van der Waals surface area contributed by atoms with Gasteiger partial charge in [-0.15, -0.1) is 11.3 Å². The molecule has 0 unspecified atom stereocenters. The van der Waals surface area contributed by atoms with Crippen molar-refractivity contribution in [2.24, 2.45) is 0 Å². The van der Waals surface area contributed by atoms with Gasteiger partial charge in [-0.3, -0.25) is 4.79 Å². The minimum Gasteiger partial charge on any atom is -0.370 e. The molecule has 4 nitrogen and oxygen atoms in total. The molecule has 4 rings (SSSR count). The summed E-state index contributed by atoms with van der Waals surface area (Å²) in [6.45, 7) is 11.1. The number of ether oxygens (including phenoxy) is 1. The van der Waals surface area contributed by atoms with E-state index in [4.69, 9.17) is 32.9 Å². The van der Waals surface area contributed by atoms with Crippen LogP contribution in [0.1, 0.15) is 36.8 Å². The molecule has 0 spiro atoms. The quantitative estimate of drug-likeness (QED) is 0.309. The van der Waals surface area contributed by atoms with Gasteiger partial charge in [-0.05, 0) is 38.5 Å². The first-order valence-electron chi connectivity index (χ1n) is 9.55. The predicted octanol–water partition coefficient (Wildman–Crippen LogP) is 6.48. The Hall–Kier alpha value is -1.31. The molecule has 1 aliphatic rings. The minimum absolute atomic E-state index is 0.0203. The molecule has 0 radical (unpaired) electrons. The second-order valence-electron chi connectivity index (χ2n) is 8.19. The fraction of sp³-hybridized carbons (Fsp3) is 0.364. The van der Waals surface area contributed by atoms with Crippen molar-refractivity contribution in [1.82, 2.24) is 9.55 Å². The van der Waals surface area contributed by atoms with Gasteiger partial charge >= 0.3 is 0 Å². The molecule has 0 bridgehead atoms. The third-order valence-electron chi connectivity index (χ3n) is 4.91. The Labute approximate surface area is 193 Å². The van der Waals surface area contributed by atoms with Gasteiger partial charge in [-0.25, -0.2) is 4.98 Å². The van der Waals surface area contributed by atoms with E-state index in [1.807, 2.05) is 32.9 Å². The first kappa shape index (κ1) is 21.9. The first-order valence-corrected chi connectivity index (χ1v) is 12.1. The minimum atomic E-state index is -0.335. The van der Waals surface area contributed by atoms with Gasteiger partial charge in [-0.2, -0.15) is 0 Å². The van der Waals surface area contributed by atoms with Gasteiger partial charge in [0.2, 0.25) is 5.43 Å². The van der Waals surface area contributed by atoms with E-state index >= 15 is 0 Å². The standard InChI is InChI=1S/C22H22Cl2N2O2S2/c1-12(2)9-26-20-18(19(27)14-8-22(3,4)28-10-17(14)30-20)25-21(26)29-11-13-5-6-15(23)16(24)7-13/h5-7H,1,8-11H2,2-4H3. The van der Waals surface area contributed by atoms with E-state index in [0.29, 0.717) is 40.9 Å². The maximum atomic E-state index is 13.3. The second kappa shape index (κ2) is 8.32. The number of aromatic nitrogens is 2. The van der Waals surface area contributed by atoms with Crippen LogP contribution in [0.4, 0.5) is 0 Å². The van der Waals surface area contributed by atoms with Crippen LogP contribution >= 0.6 is 46.3 Å². The molecule has 0 amide bonds. The van der Waals surface area contributed by atoms with Gasteiger partial charge in [0.25, 0.3) is 0 Å². The summed E-state index contributed by atoms with van der Waals surface area (Å²) in [6.07, 6.45) is 0.604. The van der Waals surface area contributed by atoms with Crippen LogP contribution in [0.5, 0.6) is 0 Å². The molecule has 0 saturated carbocycles. The van der Waals surface area contributed by atoms with Gasteiger partial charge < -0.3 is 9.30 Å². The number of rotatable bonds is 5. The van der Waals surface area contributed by atoms with Crippen molar-refractivity contribution in [3.63, 3.8) is 0 Å². The van der Waals surface area contributed by atoms with E-state index in [1.54, 1.807) is 29.2 Å². The van der Waals surface area contributed by atoms with Crippen molar-refractivity contribution in [2.75, 3.05) is 0 Å². The summed E-state index contributed by atoms with van der Waals surface area (Å²) in [4.78, 5) is 19.9. The van der Waals surface area contributed by atoms with Crippen molar-refractivity contribution in [3.05, 3.63) is 66.6 Å². The summed E-state index contributed by atoms with van der Waals surface area (Å²) in [5.41, 5.74) is 3.11. The Kier molecular flexibility index (Phi) is 6.08. The largest absolute Gasteiger partial charge is 0.370 e. The number of nitrogens with zero attached hydrogens (tertiary/aromatic N) is 2.